The Morgan fingerprint density at radius 1 is 0.235 bits per heavy atom. The normalized spacial score (nSPS) is 13.4. The molecule has 0 aromatic heterocycles. The van der Waals surface area contributed by atoms with Gasteiger partial charge in [-0.2, -0.15) is 0 Å². The molecular formula is C64H116O20Zr. The third kappa shape index (κ3) is 32.4. The summed E-state index contributed by atoms with van der Waals surface area (Å²) in [7, 11) is 0. The average molecular weight is 1300 g/mol. The molecule has 0 radical (unpaired) electrons. The van der Waals surface area contributed by atoms with Crippen LogP contribution in [0.2, 0.25) is 0 Å². The minimum absolute atomic E-state index is 0. The van der Waals surface area contributed by atoms with Crippen LogP contribution in [-0.2, 0) is 102 Å². The second-order valence-electron chi connectivity index (χ2n) is 28.9. The van der Waals surface area contributed by atoms with E-state index < -0.39 is 139 Å². The molecule has 0 aliphatic heterocycles. The first-order valence-electron chi connectivity index (χ1n) is 29.6. The van der Waals surface area contributed by atoms with Crippen LogP contribution in [0.1, 0.15) is 273 Å². The molecule has 0 aromatic rings. The van der Waals surface area contributed by atoms with Gasteiger partial charge in [0.15, 0.2) is 23.1 Å². The first-order chi connectivity index (χ1) is 37.2. The summed E-state index contributed by atoms with van der Waals surface area (Å²) in [5.74, 6) is -7.85. The maximum atomic E-state index is 12.8. The predicted molar refractivity (Wildman–Crippen MR) is 314 cm³/mol. The number of hydrogen-bond donors (Lipinski definition) is 0. The molecule has 0 atom stereocenters. The van der Waals surface area contributed by atoms with E-state index in [0.717, 1.165) is 0 Å². The van der Waals surface area contributed by atoms with Crippen molar-refractivity contribution in [2.45, 2.75) is 343 Å². The maximum Gasteiger partial charge on any atom is 4.00 e. The first-order valence-corrected chi connectivity index (χ1v) is 29.6. The van der Waals surface area contributed by atoms with Crippen molar-refractivity contribution in [1.29, 1.82) is 0 Å². The van der Waals surface area contributed by atoms with E-state index in [1.54, 1.807) is 222 Å². The van der Waals surface area contributed by atoms with Gasteiger partial charge in [0.05, 0.1) is 90.3 Å². The fraction of sp³-hybridized carbons (Fsp3) is 0.875. The number of ether oxygens (including phenoxy) is 8. The molecule has 0 heterocycles. The van der Waals surface area contributed by atoms with Crippen molar-refractivity contribution in [1.82, 2.24) is 0 Å². The Bertz CT molecular complexity index is 1720. The number of ketones is 4. The quantitative estimate of drug-likeness (QED) is 0.0525. The molecule has 0 saturated heterocycles. The standard InChI is InChI=1S/4C16H30O5.Zr/c4*1-9-16(10-2,13(18)19)11(17)12(20-14(3,4)5)21-15(6,7)8;/h4*12H,9-10H2,1-8H3,(H,18,19);/q;;;;+4/p-4. The number of carboxylic acids is 4. The summed E-state index contributed by atoms with van der Waals surface area (Å²) in [5, 5.41) is 46.1. The molecule has 85 heavy (non-hydrogen) atoms. The Morgan fingerprint density at radius 3 is 0.365 bits per heavy atom. The van der Waals surface area contributed by atoms with Gasteiger partial charge in [0.1, 0.15) is 0 Å². The second kappa shape index (κ2) is 35.5. The molecule has 496 valence electrons. The molecule has 0 N–H and O–H groups in total. The minimum atomic E-state index is -1.58. The van der Waals surface area contributed by atoms with Crippen molar-refractivity contribution in [3.63, 3.8) is 0 Å². The van der Waals surface area contributed by atoms with Gasteiger partial charge in [0.25, 0.3) is 0 Å². The van der Waals surface area contributed by atoms with E-state index in [2.05, 4.69) is 0 Å². The summed E-state index contributed by atoms with van der Waals surface area (Å²) < 4.78 is 45.4. The Labute approximate surface area is 531 Å². The molecule has 21 heteroatoms. The van der Waals surface area contributed by atoms with Gasteiger partial charge in [-0.3, -0.25) is 19.2 Å². The van der Waals surface area contributed by atoms with E-state index in [4.69, 9.17) is 37.9 Å². The van der Waals surface area contributed by atoms with Gasteiger partial charge in [0, 0.05) is 0 Å². The number of rotatable bonds is 28. The van der Waals surface area contributed by atoms with E-state index >= 15 is 0 Å². The van der Waals surface area contributed by atoms with Gasteiger partial charge in [0.2, 0.25) is 25.2 Å². The molecule has 0 rings (SSSR count). The van der Waals surface area contributed by atoms with Crippen molar-refractivity contribution in [2.24, 2.45) is 21.7 Å². The van der Waals surface area contributed by atoms with Crippen LogP contribution in [0.25, 0.3) is 0 Å². The third-order valence-corrected chi connectivity index (χ3v) is 12.8. The zero-order chi connectivity index (χ0) is 68.2. The molecule has 0 spiro atoms. The van der Waals surface area contributed by atoms with E-state index in [0.29, 0.717) is 0 Å². The van der Waals surface area contributed by atoms with Crippen molar-refractivity contribution in [3.05, 3.63) is 0 Å². The smallest absolute Gasteiger partial charge is 0.549 e. The molecule has 0 bridgehead atoms. The van der Waals surface area contributed by atoms with Gasteiger partial charge < -0.3 is 77.5 Å². The van der Waals surface area contributed by atoms with E-state index in [1.165, 1.54) is 0 Å². The molecule has 0 fully saturated rings. The van der Waals surface area contributed by atoms with Gasteiger partial charge in [-0.1, -0.05) is 55.4 Å². The fourth-order valence-electron chi connectivity index (χ4n) is 7.95. The number of carboxylic acid groups (broad SMARTS) is 4. The maximum absolute atomic E-state index is 12.8. The Balaban J connectivity index is -0.000000333. The van der Waals surface area contributed by atoms with Crippen LogP contribution < -0.4 is 20.4 Å². The number of carbonyl (C=O) groups is 8. The number of carbonyl (C=O) groups excluding carboxylic acids is 8. The molecule has 0 aliphatic rings. The summed E-state index contributed by atoms with van der Waals surface area (Å²) >= 11 is 0. The molecule has 20 nitrogen and oxygen atoms in total. The second-order valence-corrected chi connectivity index (χ2v) is 28.9. The molecule has 0 amide bonds. The predicted octanol–water partition coefficient (Wildman–Crippen LogP) is 8.27. The molecule has 0 aliphatic carbocycles. The average Bonchev–Trinajstić information content (AvgIpc) is 3.27. The number of aliphatic carboxylic acids is 4. The molecule has 0 aromatic carbocycles. The van der Waals surface area contributed by atoms with Crippen LogP contribution in [0.3, 0.4) is 0 Å². The number of hydrogen-bond acceptors (Lipinski definition) is 20. The summed E-state index contributed by atoms with van der Waals surface area (Å²) in [5.41, 5.74) is -11.4. The van der Waals surface area contributed by atoms with Crippen LogP contribution in [0.4, 0.5) is 0 Å². The van der Waals surface area contributed by atoms with E-state index in [1.807, 2.05) is 0 Å². The summed E-state index contributed by atoms with van der Waals surface area (Å²) in [6.45, 7) is 56.2. The molecular weight excluding hydrogens is 1180 g/mol. The van der Waals surface area contributed by atoms with Crippen molar-refractivity contribution in [2.75, 3.05) is 0 Å². The van der Waals surface area contributed by atoms with Crippen molar-refractivity contribution in [3.8, 4) is 0 Å². The van der Waals surface area contributed by atoms with Crippen LogP contribution in [-0.4, -0.2) is 117 Å². The zero-order valence-corrected chi connectivity index (χ0v) is 61.1. The van der Waals surface area contributed by atoms with Gasteiger partial charge >= 0.3 is 26.2 Å². The summed E-state index contributed by atoms with van der Waals surface area (Å²) in [4.78, 5) is 97.1. The summed E-state index contributed by atoms with van der Waals surface area (Å²) in [6, 6.07) is 0. The van der Waals surface area contributed by atoms with Crippen LogP contribution >= 0.6 is 0 Å². The topological polar surface area (TPSA) is 303 Å². The van der Waals surface area contributed by atoms with Crippen molar-refractivity contribution >= 4 is 47.0 Å². The largest absolute Gasteiger partial charge is 4.00 e. The number of Topliss-reactive ketones (excluding diaryl/α,β-unsaturated/α-hetero) is 4. The monoisotopic (exact) mass is 1290 g/mol. The van der Waals surface area contributed by atoms with E-state index in [-0.39, 0.29) is 77.6 Å². The zero-order valence-electron chi connectivity index (χ0n) is 58.6. The van der Waals surface area contributed by atoms with Crippen LogP contribution in [0, 0.1) is 21.7 Å². The van der Waals surface area contributed by atoms with Gasteiger partial charge in [-0.05, 0) is 218 Å². The molecule has 0 unspecified atom stereocenters. The third-order valence-electron chi connectivity index (χ3n) is 12.8. The fourth-order valence-corrected chi connectivity index (χ4v) is 7.95. The SMILES string of the molecule is CCC(CC)(C(=O)[O-])C(=O)C(OC(C)(C)C)OC(C)(C)C.CCC(CC)(C(=O)[O-])C(=O)C(OC(C)(C)C)OC(C)(C)C.CCC(CC)(C(=O)[O-])C(=O)C(OC(C)(C)C)OC(C)(C)C.CCC(CC)(C(=O)[O-])C(=O)C(OC(C)(C)C)OC(C)(C)C.[Zr+4]. The Kier molecular flexibility index (Phi) is 37.9. The first kappa shape index (κ1) is 90.9. The summed E-state index contributed by atoms with van der Waals surface area (Å²) in [6.07, 6.45) is -3.81. The van der Waals surface area contributed by atoms with Crippen LogP contribution in [0.5, 0.6) is 0 Å². The Hall–Kier alpha value is -2.88. The van der Waals surface area contributed by atoms with E-state index in [9.17, 15) is 58.8 Å². The minimum Gasteiger partial charge on any atom is -0.549 e. The van der Waals surface area contributed by atoms with Gasteiger partial charge in [-0.15, -0.1) is 0 Å². The Morgan fingerprint density at radius 2 is 0.318 bits per heavy atom. The van der Waals surface area contributed by atoms with Crippen molar-refractivity contribution < 1.29 is 123 Å². The van der Waals surface area contributed by atoms with Gasteiger partial charge in [-0.25, -0.2) is 0 Å². The molecule has 0 saturated carbocycles. The van der Waals surface area contributed by atoms with Crippen LogP contribution in [0.15, 0.2) is 0 Å².